The number of carbonyl (C=O) groups is 2. The molecule has 0 atom stereocenters. The van der Waals surface area contributed by atoms with E-state index in [1.54, 1.807) is 35.2 Å². The van der Waals surface area contributed by atoms with Gasteiger partial charge < -0.3 is 4.90 Å². The third-order valence-corrected chi connectivity index (χ3v) is 7.10. The van der Waals surface area contributed by atoms with Gasteiger partial charge in [0.1, 0.15) is 0 Å². The van der Waals surface area contributed by atoms with E-state index in [0.29, 0.717) is 51.6 Å². The standard InChI is InChI=1S/C21H18ClN3O3S2/c22-17-4-2-1-3-16(17)18-13-29-21(23-18)24-19(26)14-5-7-15(8-6-14)20(27)25-9-11-30(28)12-10-25/h1-8,13H,9-12H2,(H,23,24,26). The molecule has 1 aliphatic rings. The zero-order valence-electron chi connectivity index (χ0n) is 15.8. The Balaban J connectivity index is 1.41. The van der Waals surface area contributed by atoms with Crippen LogP contribution in [0.3, 0.4) is 0 Å². The molecule has 30 heavy (non-hydrogen) atoms. The zero-order chi connectivity index (χ0) is 21.1. The Labute approximate surface area is 185 Å². The Bertz CT molecular complexity index is 1100. The summed E-state index contributed by atoms with van der Waals surface area (Å²) in [4.78, 5) is 31.2. The molecule has 2 amide bonds. The Kier molecular flexibility index (Phi) is 6.26. The first-order valence-electron chi connectivity index (χ1n) is 9.27. The minimum atomic E-state index is -0.834. The second kappa shape index (κ2) is 9.07. The number of nitrogens with one attached hydrogen (secondary N) is 1. The van der Waals surface area contributed by atoms with Crippen LogP contribution < -0.4 is 5.32 Å². The molecule has 0 radical (unpaired) electrons. The van der Waals surface area contributed by atoms with Gasteiger partial charge in [-0.25, -0.2) is 4.98 Å². The quantitative estimate of drug-likeness (QED) is 0.641. The highest BCUT2D eigenvalue weighted by Gasteiger charge is 2.21. The maximum atomic E-state index is 12.6. The average molecular weight is 460 g/mol. The summed E-state index contributed by atoms with van der Waals surface area (Å²) in [5, 5.41) is 5.69. The van der Waals surface area contributed by atoms with Crippen LogP contribution >= 0.6 is 22.9 Å². The number of carbonyl (C=O) groups excluding carboxylic acids is 2. The number of hydrogen-bond acceptors (Lipinski definition) is 5. The van der Waals surface area contributed by atoms with Crippen molar-refractivity contribution in [2.75, 3.05) is 29.9 Å². The molecule has 1 aliphatic heterocycles. The van der Waals surface area contributed by atoms with Crippen LogP contribution in [0.4, 0.5) is 5.13 Å². The Hall–Kier alpha value is -2.55. The minimum Gasteiger partial charge on any atom is -0.337 e. The predicted octanol–water partition coefficient (Wildman–Crippen LogP) is 3.92. The fraction of sp³-hybridized carbons (Fsp3) is 0.190. The molecule has 6 nitrogen and oxygen atoms in total. The van der Waals surface area contributed by atoms with Crippen molar-refractivity contribution in [3.05, 3.63) is 70.1 Å². The van der Waals surface area contributed by atoms with E-state index in [-0.39, 0.29) is 11.8 Å². The van der Waals surface area contributed by atoms with Gasteiger partial charge in [0, 0.05) is 62.5 Å². The molecule has 0 bridgehead atoms. The van der Waals surface area contributed by atoms with Crippen LogP contribution in [0.1, 0.15) is 20.7 Å². The summed E-state index contributed by atoms with van der Waals surface area (Å²) in [5.74, 6) is 0.609. The van der Waals surface area contributed by atoms with Crippen molar-refractivity contribution in [1.29, 1.82) is 0 Å². The van der Waals surface area contributed by atoms with Gasteiger partial charge in [-0.05, 0) is 30.3 Å². The second-order valence-electron chi connectivity index (χ2n) is 6.69. The number of hydrogen-bond donors (Lipinski definition) is 1. The number of nitrogens with zero attached hydrogens (tertiary/aromatic N) is 2. The van der Waals surface area contributed by atoms with E-state index in [0.717, 1.165) is 5.56 Å². The molecule has 0 saturated carbocycles. The summed E-state index contributed by atoms with van der Waals surface area (Å²) in [6.07, 6.45) is 0. The van der Waals surface area contributed by atoms with Crippen LogP contribution in [0.5, 0.6) is 0 Å². The SMILES string of the molecule is O=C(Nc1nc(-c2ccccc2Cl)cs1)c1ccc(C(=O)N2CCS(=O)CC2)cc1. The fourth-order valence-electron chi connectivity index (χ4n) is 3.08. The number of rotatable bonds is 4. The fourth-order valence-corrected chi connectivity index (χ4v) is 5.07. The zero-order valence-corrected chi connectivity index (χ0v) is 18.2. The number of aromatic nitrogens is 1. The lowest BCUT2D eigenvalue weighted by Gasteiger charge is -2.26. The Morgan fingerprint density at radius 1 is 1.03 bits per heavy atom. The van der Waals surface area contributed by atoms with Gasteiger partial charge in [0.15, 0.2) is 5.13 Å². The van der Waals surface area contributed by atoms with Crippen molar-refractivity contribution < 1.29 is 13.8 Å². The molecule has 3 aromatic rings. The largest absolute Gasteiger partial charge is 0.337 e. The molecule has 0 unspecified atom stereocenters. The van der Waals surface area contributed by atoms with Crippen molar-refractivity contribution in [2.24, 2.45) is 0 Å². The first-order chi connectivity index (χ1) is 14.5. The molecule has 1 aromatic heterocycles. The molecule has 0 spiro atoms. The Morgan fingerprint density at radius 2 is 1.70 bits per heavy atom. The Morgan fingerprint density at radius 3 is 2.40 bits per heavy atom. The van der Waals surface area contributed by atoms with Gasteiger partial charge in [-0.2, -0.15) is 0 Å². The van der Waals surface area contributed by atoms with Crippen molar-refractivity contribution in [2.45, 2.75) is 0 Å². The van der Waals surface area contributed by atoms with E-state index in [9.17, 15) is 13.8 Å². The molecule has 154 valence electrons. The van der Waals surface area contributed by atoms with E-state index >= 15 is 0 Å². The summed E-state index contributed by atoms with van der Waals surface area (Å²) < 4.78 is 11.5. The van der Waals surface area contributed by atoms with Crippen molar-refractivity contribution in [1.82, 2.24) is 9.88 Å². The maximum Gasteiger partial charge on any atom is 0.257 e. The van der Waals surface area contributed by atoms with Crippen LogP contribution in [-0.4, -0.2) is 50.5 Å². The first kappa shape index (κ1) is 20.7. The highest BCUT2D eigenvalue weighted by atomic mass is 35.5. The van der Waals surface area contributed by atoms with Gasteiger partial charge in [-0.3, -0.25) is 19.1 Å². The van der Waals surface area contributed by atoms with Crippen molar-refractivity contribution in [3.63, 3.8) is 0 Å². The monoisotopic (exact) mass is 459 g/mol. The number of thiazole rings is 1. The molecule has 2 aromatic carbocycles. The maximum absolute atomic E-state index is 12.6. The van der Waals surface area contributed by atoms with Crippen LogP contribution in [0.15, 0.2) is 53.9 Å². The van der Waals surface area contributed by atoms with Gasteiger partial charge in [0.05, 0.1) is 5.69 Å². The molecule has 4 rings (SSSR count). The molecule has 1 saturated heterocycles. The van der Waals surface area contributed by atoms with Gasteiger partial charge in [-0.15, -0.1) is 11.3 Å². The van der Waals surface area contributed by atoms with Crippen molar-refractivity contribution >= 4 is 50.7 Å². The van der Waals surface area contributed by atoms with Gasteiger partial charge in [0.25, 0.3) is 11.8 Å². The van der Waals surface area contributed by atoms with Gasteiger partial charge in [0.2, 0.25) is 0 Å². The summed E-state index contributed by atoms with van der Waals surface area (Å²) in [7, 11) is -0.834. The van der Waals surface area contributed by atoms with Crippen LogP contribution in [-0.2, 0) is 10.8 Å². The molecule has 9 heteroatoms. The minimum absolute atomic E-state index is 0.108. The normalized spacial score (nSPS) is 14.5. The molecule has 1 fully saturated rings. The third-order valence-electron chi connectivity index (χ3n) is 4.73. The van der Waals surface area contributed by atoms with Crippen LogP contribution in [0.25, 0.3) is 11.3 Å². The van der Waals surface area contributed by atoms with Crippen LogP contribution in [0.2, 0.25) is 5.02 Å². The lowest BCUT2D eigenvalue weighted by atomic mass is 10.1. The molecule has 2 heterocycles. The highest BCUT2D eigenvalue weighted by molar-refractivity contribution is 7.85. The van der Waals surface area contributed by atoms with Gasteiger partial charge >= 0.3 is 0 Å². The lowest BCUT2D eigenvalue weighted by Crippen LogP contribution is -2.41. The summed E-state index contributed by atoms with van der Waals surface area (Å²) >= 11 is 7.52. The first-order valence-corrected chi connectivity index (χ1v) is 12.0. The van der Waals surface area contributed by atoms with Crippen molar-refractivity contribution in [3.8, 4) is 11.3 Å². The molecular formula is C21H18ClN3O3S2. The summed E-state index contributed by atoms with van der Waals surface area (Å²) in [6.45, 7) is 0.983. The number of halogens is 1. The highest BCUT2D eigenvalue weighted by Crippen LogP contribution is 2.30. The van der Waals surface area contributed by atoms with E-state index in [1.165, 1.54) is 11.3 Å². The van der Waals surface area contributed by atoms with E-state index in [1.807, 2.05) is 23.6 Å². The smallest absolute Gasteiger partial charge is 0.257 e. The van der Waals surface area contributed by atoms with E-state index < -0.39 is 10.8 Å². The second-order valence-corrected chi connectivity index (χ2v) is 9.65. The summed E-state index contributed by atoms with van der Waals surface area (Å²) in [5.41, 5.74) is 2.44. The topological polar surface area (TPSA) is 79.4 Å². The van der Waals surface area contributed by atoms with Gasteiger partial charge in [-0.1, -0.05) is 29.8 Å². The third kappa shape index (κ3) is 4.61. The van der Waals surface area contributed by atoms with E-state index in [4.69, 9.17) is 11.6 Å². The predicted molar refractivity (Wildman–Crippen MR) is 121 cm³/mol. The average Bonchev–Trinajstić information content (AvgIpc) is 3.22. The number of amides is 2. The number of benzene rings is 2. The van der Waals surface area contributed by atoms with E-state index in [2.05, 4.69) is 10.3 Å². The molecule has 0 aliphatic carbocycles. The lowest BCUT2D eigenvalue weighted by molar-refractivity contribution is 0.0770. The van der Waals surface area contributed by atoms with Crippen LogP contribution in [0, 0.1) is 0 Å². The molecular weight excluding hydrogens is 442 g/mol. The molecule has 1 N–H and O–H groups in total. The summed E-state index contributed by atoms with van der Waals surface area (Å²) in [6, 6.07) is 13.9. The number of anilines is 1.